The zero-order valence-corrected chi connectivity index (χ0v) is 19.1. The molecule has 0 unspecified atom stereocenters. The van der Waals surface area contributed by atoms with Crippen molar-refractivity contribution >= 4 is 23.3 Å². The first kappa shape index (κ1) is 25.6. The molecule has 0 spiro atoms. The van der Waals surface area contributed by atoms with E-state index >= 15 is 0 Å². The third-order valence-electron chi connectivity index (χ3n) is 3.78. The van der Waals surface area contributed by atoms with Gasteiger partial charge in [-0.15, -0.1) is 0 Å². The summed E-state index contributed by atoms with van der Waals surface area (Å²) in [4.78, 5) is 24.9. The molecule has 0 heterocycles. The van der Waals surface area contributed by atoms with Crippen LogP contribution in [0.2, 0.25) is 0 Å². The van der Waals surface area contributed by atoms with Crippen LogP contribution >= 0.6 is 0 Å². The molecule has 0 bridgehead atoms. The molecule has 0 saturated heterocycles. The molecule has 2 aromatic rings. The number of anilines is 2. The largest absolute Gasteiger partial charge is 0.504 e. The van der Waals surface area contributed by atoms with E-state index in [1.54, 1.807) is 13.8 Å². The van der Waals surface area contributed by atoms with Crippen LogP contribution in [0.4, 0.5) is 11.4 Å². The van der Waals surface area contributed by atoms with Crippen LogP contribution in [-0.2, 0) is 4.74 Å². The third-order valence-corrected chi connectivity index (χ3v) is 3.78. The summed E-state index contributed by atoms with van der Waals surface area (Å²) in [6, 6.07) is 7.42. The molecule has 0 fully saturated rings. The quantitative estimate of drug-likeness (QED) is 0.431. The lowest BCUT2D eigenvalue weighted by Gasteiger charge is -2.17. The van der Waals surface area contributed by atoms with Crippen molar-refractivity contribution in [2.45, 2.75) is 53.8 Å². The van der Waals surface area contributed by atoms with Gasteiger partial charge in [0.15, 0.2) is 11.5 Å². The standard InChI is InChI=1S/C21H26N2O6.C2H6/c1-11(2)28-17-10-13(21(26)29-12(3)4)6-9-16(17)23-20(25)14-7-8-15(22)19(27-5)18(14)24;1-2/h6-12,24H,22H2,1-5H3,(H,23,25);1-2H3. The number of nitrogen functional groups attached to an aromatic ring is 1. The van der Waals surface area contributed by atoms with Crippen LogP contribution in [-0.4, -0.2) is 36.3 Å². The third kappa shape index (κ3) is 6.80. The summed E-state index contributed by atoms with van der Waals surface area (Å²) in [5, 5.41) is 13.0. The predicted molar refractivity (Wildman–Crippen MR) is 121 cm³/mol. The van der Waals surface area contributed by atoms with Crippen molar-refractivity contribution in [1.82, 2.24) is 0 Å². The fourth-order valence-corrected chi connectivity index (χ4v) is 2.56. The number of phenols is 1. The summed E-state index contributed by atoms with van der Waals surface area (Å²) in [5.74, 6) is -1.13. The fourth-order valence-electron chi connectivity index (χ4n) is 2.56. The van der Waals surface area contributed by atoms with E-state index in [0.717, 1.165) is 0 Å². The predicted octanol–water partition coefficient (Wildman–Crippen LogP) is 4.61. The van der Waals surface area contributed by atoms with Gasteiger partial charge >= 0.3 is 5.97 Å². The van der Waals surface area contributed by atoms with E-state index in [9.17, 15) is 14.7 Å². The number of phenolic OH excluding ortho intramolecular Hbond substituents is 1. The first-order valence-electron chi connectivity index (χ1n) is 10.1. The highest BCUT2D eigenvalue weighted by atomic mass is 16.5. The molecule has 2 aromatic carbocycles. The normalized spacial score (nSPS) is 10.2. The minimum atomic E-state index is -0.591. The Hall–Kier alpha value is -3.42. The number of esters is 1. The molecule has 8 heteroatoms. The number of carbonyl (C=O) groups excluding carboxylic acids is 2. The average Bonchev–Trinajstić information content (AvgIpc) is 2.70. The van der Waals surface area contributed by atoms with Crippen LogP contribution in [0.5, 0.6) is 17.2 Å². The van der Waals surface area contributed by atoms with Crippen molar-refractivity contribution in [2.75, 3.05) is 18.2 Å². The van der Waals surface area contributed by atoms with Crippen LogP contribution in [0.15, 0.2) is 30.3 Å². The van der Waals surface area contributed by atoms with Crippen molar-refractivity contribution < 1.29 is 28.9 Å². The number of rotatable bonds is 7. The number of carbonyl (C=O) groups is 2. The highest BCUT2D eigenvalue weighted by Gasteiger charge is 2.20. The molecule has 0 atom stereocenters. The van der Waals surface area contributed by atoms with Gasteiger partial charge in [0.2, 0.25) is 0 Å². The Morgan fingerprint density at radius 1 is 1.03 bits per heavy atom. The molecule has 0 radical (unpaired) electrons. The molecule has 170 valence electrons. The maximum Gasteiger partial charge on any atom is 0.338 e. The highest BCUT2D eigenvalue weighted by molar-refractivity contribution is 6.08. The Morgan fingerprint density at radius 3 is 2.23 bits per heavy atom. The van der Waals surface area contributed by atoms with Gasteiger partial charge in [0.05, 0.1) is 41.8 Å². The lowest BCUT2D eigenvalue weighted by Crippen LogP contribution is -2.16. The second kappa shape index (κ2) is 11.7. The van der Waals surface area contributed by atoms with Crippen LogP contribution < -0.4 is 20.5 Å². The van der Waals surface area contributed by atoms with E-state index in [1.807, 2.05) is 27.7 Å². The Morgan fingerprint density at radius 2 is 1.68 bits per heavy atom. The summed E-state index contributed by atoms with van der Waals surface area (Å²) in [7, 11) is 1.34. The average molecular weight is 433 g/mol. The van der Waals surface area contributed by atoms with Gasteiger partial charge in [-0.05, 0) is 58.0 Å². The molecule has 0 aromatic heterocycles. The minimum absolute atomic E-state index is 0.0167. The Labute approximate surface area is 183 Å². The molecule has 0 aliphatic rings. The van der Waals surface area contributed by atoms with Crippen molar-refractivity contribution in [3.63, 3.8) is 0 Å². The molecule has 0 aliphatic heterocycles. The number of nitrogens with two attached hydrogens (primary N) is 1. The summed E-state index contributed by atoms with van der Waals surface area (Å²) in [6.45, 7) is 11.2. The first-order valence-corrected chi connectivity index (χ1v) is 10.1. The number of nitrogens with one attached hydrogen (secondary N) is 1. The van der Waals surface area contributed by atoms with E-state index in [-0.39, 0.29) is 35.0 Å². The second-order valence-electron chi connectivity index (χ2n) is 6.87. The van der Waals surface area contributed by atoms with Gasteiger partial charge in [-0.25, -0.2) is 4.79 Å². The number of hydrogen-bond donors (Lipinski definition) is 3. The van der Waals surface area contributed by atoms with E-state index in [4.69, 9.17) is 19.9 Å². The number of aromatic hydroxyl groups is 1. The zero-order valence-electron chi connectivity index (χ0n) is 19.1. The van der Waals surface area contributed by atoms with Crippen LogP contribution in [0.25, 0.3) is 0 Å². The maximum absolute atomic E-state index is 12.7. The number of hydrogen-bond acceptors (Lipinski definition) is 7. The molecule has 8 nitrogen and oxygen atoms in total. The summed E-state index contributed by atoms with van der Waals surface area (Å²) in [6.07, 6.45) is -0.466. The number of benzene rings is 2. The SMILES string of the molecule is CC.COc1c(N)ccc(C(=O)Nc2ccc(C(=O)OC(C)C)cc2OC(C)C)c1O. The smallest absolute Gasteiger partial charge is 0.338 e. The highest BCUT2D eigenvalue weighted by Crippen LogP contribution is 2.36. The van der Waals surface area contributed by atoms with Gasteiger partial charge in [-0.3, -0.25) is 4.79 Å². The number of amides is 1. The van der Waals surface area contributed by atoms with Gasteiger partial charge < -0.3 is 30.4 Å². The number of methoxy groups -OCH3 is 1. The van der Waals surface area contributed by atoms with E-state index in [0.29, 0.717) is 17.0 Å². The molecule has 4 N–H and O–H groups in total. The van der Waals surface area contributed by atoms with Gasteiger partial charge in [-0.1, -0.05) is 13.8 Å². The van der Waals surface area contributed by atoms with Crippen LogP contribution in [0.3, 0.4) is 0 Å². The summed E-state index contributed by atoms with van der Waals surface area (Å²) in [5.41, 5.74) is 6.55. The van der Waals surface area contributed by atoms with E-state index in [2.05, 4.69) is 5.32 Å². The van der Waals surface area contributed by atoms with Crippen molar-refractivity contribution in [3.05, 3.63) is 41.5 Å². The number of ether oxygens (including phenoxy) is 3. The lowest BCUT2D eigenvalue weighted by molar-refractivity contribution is 0.0377. The molecule has 0 saturated carbocycles. The Balaban J connectivity index is 0.00000233. The van der Waals surface area contributed by atoms with Gasteiger partial charge in [-0.2, -0.15) is 0 Å². The Kier molecular flexibility index (Phi) is 9.66. The fraction of sp³-hybridized carbons (Fsp3) is 0.391. The second-order valence-corrected chi connectivity index (χ2v) is 6.87. The van der Waals surface area contributed by atoms with Crippen LogP contribution in [0.1, 0.15) is 62.3 Å². The lowest BCUT2D eigenvalue weighted by atomic mass is 10.1. The summed E-state index contributed by atoms with van der Waals surface area (Å²) >= 11 is 0. The molecule has 1 amide bonds. The molecular formula is C23H32N2O6. The Bertz CT molecular complexity index is 909. The first-order chi connectivity index (χ1) is 14.6. The minimum Gasteiger partial charge on any atom is -0.504 e. The molecule has 2 rings (SSSR count). The maximum atomic E-state index is 12.7. The van der Waals surface area contributed by atoms with Gasteiger partial charge in [0, 0.05) is 0 Å². The zero-order chi connectivity index (χ0) is 23.7. The van der Waals surface area contributed by atoms with Crippen molar-refractivity contribution in [1.29, 1.82) is 0 Å². The van der Waals surface area contributed by atoms with Gasteiger partial charge in [0.25, 0.3) is 5.91 Å². The van der Waals surface area contributed by atoms with Crippen molar-refractivity contribution in [2.24, 2.45) is 0 Å². The van der Waals surface area contributed by atoms with Crippen LogP contribution in [0, 0.1) is 0 Å². The molecule has 0 aliphatic carbocycles. The summed E-state index contributed by atoms with van der Waals surface area (Å²) < 4.78 is 16.0. The van der Waals surface area contributed by atoms with Gasteiger partial charge in [0.1, 0.15) is 5.75 Å². The van der Waals surface area contributed by atoms with E-state index in [1.165, 1.54) is 37.4 Å². The monoisotopic (exact) mass is 432 g/mol. The van der Waals surface area contributed by atoms with Crippen molar-refractivity contribution in [3.8, 4) is 17.2 Å². The van der Waals surface area contributed by atoms with E-state index < -0.39 is 11.9 Å². The molecular weight excluding hydrogens is 400 g/mol. The molecule has 31 heavy (non-hydrogen) atoms. The topological polar surface area (TPSA) is 120 Å².